The first-order valence-corrected chi connectivity index (χ1v) is 10.7. The predicted molar refractivity (Wildman–Crippen MR) is 126 cm³/mol. The van der Waals surface area contributed by atoms with Crippen LogP contribution >= 0.6 is 0 Å². The molecule has 33 heavy (non-hydrogen) atoms. The van der Waals surface area contributed by atoms with Crippen molar-refractivity contribution in [3.8, 4) is 28.7 Å². The molecule has 0 atom stereocenters. The normalized spacial score (nSPS) is 10.3. The van der Waals surface area contributed by atoms with Crippen molar-refractivity contribution in [1.82, 2.24) is 5.48 Å². The highest BCUT2D eigenvalue weighted by Crippen LogP contribution is 2.41. The van der Waals surface area contributed by atoms with Crippen molar-refractivity contribution in [1.29, 1.82) is 0 Å². The van der Waals surface area contributed by atoms with Crippen LogP contribution in [0, 0.1) is 0 Å². The monoisotopic (exact) mass is 459 g/mol. The van der Waals surface area contributed by atoms with Crippen LogP contribution in [0.1, 0.15) is 43.2 Å². The number of hydrogen-bond donors (Lipinski definition) is 2. The van der Waals surface area contributed by atoms with E-state index >= 15 is 0 Å². The highest BCUT2D eigenvalue weighted by atomic mass is 16.5. The SMILES string of the molecule is C=C(c1ccc(OC)c(OCCCCCCC(=O)NO)c1)c1cc(OC)c(OC)c(OC)c1. The van der Waals surface area contributed by atoms with Gasteiger partial charge in [-0.2, -0.15) is 0 Å². The molecule has 0 heterocycles. The summed E-state index contributed by atoms with van der Waals surface area (Å²) in [6.45, 7) is 4.77. The van der Waals surface area contributed by atoms with Crippen LogP contribution in [0.4, 0.5) is 0 Å². The fourth-order valence-corrected chi connectivity index (χ4v) is 3.38. The second-order valence-electron chi connectivity index (χ2n) is 7.31. The fourth-order valence-electron chi connectivity index (χ4n) is 3.38. The molecule has 0 unspecified atom stereocenters. The average Bonchev–Trinajstić information content (AvgIpc) is 2.86. The van der Waals surface area contributed by atoms with Crippen molar-refractivity contribution in [2.75, 3.05) is 35.0 Å². The van der Waals surface area contributed by atoms with Crippen LogP contribution in [0.3, 0.4) is 0 Å². The molecule has 0 aliphatic rings. The Morgan fingerprint density at radius 1 is 0.818 bits per heavy atom. The van der Waals surface area contributed by atoms with Crippen LogP contribution in [0.2, 0.25) is 0 Å². The van der Waals surface area contributed by atoms with E-state index in [2.05, 4.69) is 6.58 Å². The third kappa shape index (κ3) is 7.05. The molecule has 2 aromatic rings. The summed E-state index contributed by atoms with van der Waals surface area (Å²) in [5.74, 6) is 2.52. The molecule has 0 aliphatic carbocycles. The van der Waals surface area contributed by atoms with Gasteiger partial charge in [-0.3, -0.25) is 10.0 Å². The first-order chi connectivity index (χ1) is 16.0. The molecule has 180 valence electrons. The Balaban J connectivity index is 2.09. The maximum atomic E-state index is 11.0. The zero-order valence-corrected chi connectivity index (χ0v) is 19.7. The van der Waals surface area contributed by atoms with Crippen molar-refractivity contribution in [2.45, 2.75) is 32.1 Å². The van der Waals surface area contributed by atoms with Crippen LogP contribution in [0.15, 0.2) is 36.9 Å². The number of rotatable bonds is 14. The van der Waals surface area contributed by atoms with E-state index in [1.54, 1.807) is 33.9 Å². The lowest BCUT2D eigenvalue weighted by Gasteiger charge is -2.17. The van der Waals surface area contributed by atoms with Crippen molar-refractivity contribution in [3.63, 3.8) is 0 Å². The molecular formula is C25H33NO7. The lowest BCUT2D eigenvalue weighted by atomic mass is 9.98. The van der Waals surface area contributed by atoms with Gasteiger partial charge in [0.15, 0.2) is 23.0 Å². The van der Waals surface area contributed by atoms with E-state index in [-0.39, 0.29) is 5.91 Å². The topological polar surface area (TPSA) is 95.5 Å². The number of hydrogen-bond acceptors (Lipinski definition) is 7. The van der Waals surface area contributed by atoms with Crippen molar-refractivity contribution < 1.29 is 33.7 Å². The van der Waals surface area contributed by atoms with Gasteiger partial charge in [0.05, 0.1) is 35.0 Å². The van der Waals surface area contributed by atoms with Crippen LogP contribution in [0.5, 0.6) is 28.7 Å². The van der Waals surface area contributed by atoms with E-state index < -0.39 is 0 Å². The molecule has 8 heteroatoms. The molecule has 2 N–H and O–H groups in total. The van der Waals surface area contributed by atoms with Gasteiger partial charge >= 0.3 is 0 Å². The maximum absolute atomic E-state index is 11.0. The summed E-state index contributed by atoms with van der Waals surface area (Å²) in [4.78, 5) is 11.0. The van der Waals surface area contributed by atoms with Crippen LogP contribution < -0.4 is 29.2 Å². The number of amides is 1. The lowest BCUT2D eigenvalue weighted by Crippen LogP contribution is -2.17. The molecule has 2 rings (SSSR count). The summed E-state index contributed by atoms with van der Waals surface area (Å²) in [7, 11) is 6.31. The lowest BCUT2D eigenvalue weighted by molar-refractivity contribution is -0.129. The largest absolute Gasteiger partial charge is 0.493 e. The summed E-state index contributed by atoms with van der Waals surface area (Å²) < 4.78 is 27.7. The smallest absolute Gasteiger partial charge is 0.243 e. The molecule has 0 spiro atoms. The van der Waals surface area contributed by atoms with E-state index in [1.807, 2.05) is 30.3 Å². The van der Waals surface area contributed by atoms with Gasteiger partial charge in [-0.15, -0.1) is 0 Å². The summed E-state index contributed by atoms with van der Waals surface area (Å²) in [5.41, 5.74) is 4.11. The Morgan fingerprint density at radius 2 is 1.42 bits per heavy atom. The van der Waals surface area contributed by atoms with Gasteiger partial charge in [0.25, 0.3) is 0 Å². The predicted octanol–water partition coefficient (Wildman–Crippen LogP) is 4.62. The molecular weight excluding hydrogens is 426 g/mol. The van der Waals surface area contributed by atoms with Crippen molar-refractivity contribution in [3.05, 3.63) is 48.0 Å². The van der Waals surface area contributed by atoms with Gasteiger partial charge < -0.3 is 23.7 Å². The molecule has 0 bridgehead atoms. The quantitative estimate of drug-likeness (QED) is 0.242. The van der Waals surface area contributed by atoms with Crippen LogP contribution in [-0.2, 0) is 4.79 Å². The third-order valence-corrected chi connectivity index (χ3v) is 5.21. The maximum Gasteiger partial charge on any atom is 0.243 e. The first-order valence-electron chi connectivity index (χ1n) is 10.7. The van der Waals surface area contributed by atoms with Crippen molar-refractivity contribution in [2.24, 2.45) is 0 Å². The van der Waals surface area contributed by atoms with E-state index in [0.717, 1.165) is 42.4 Å². The number of carbonyl (C=O) groups is 1. The molecule has 1 amide bonds. The molecule has 0 fully saturated rings. The molecule has 0 aromatic heterocycles. The minimum absolute atomic E-state index is 0.316. The Bertz CT molecular complexity index is 917. The molecule has 0 radical (unpaired) electrons. The van der Waals surface area contributed by atoms with Gasteiger partial charge in [-0.25, -0.2) is 5.48 Å². The van der Waals surface area contributed by atoms with Crippen LogP contribution in [-0.4, -0.2) is 46.2 Å². The number of benzene rings is 2. The Kier molecular flexibility index (Phi) is 10.4. The molecule has 0 saturated carbocycles. The highest BCUT2D eigenvalue weighted by Gasteiger charge is 2.16. The summed E-state index contributed by atoms with van der Waals surface area (Å²) in [5, 5.41) is 8.51. The van der Waals surface area contributed by atoms with E-state index in [4.69, 9.17) is 28.9 Å². The minimum atomic E-state index is -0.361. The number of methoxy groups -OCH3 is 4. The van der Waals surface area contributed by atoms with E-state index in [1.165, 1.54) is 0 Å². The third-order valence-electron chi connectivity index (χ3n) is 5.21. The summed E-state index contributed by atoms with van der Waals surface area (Å²) in [6, 6.07) is 9.37. The van der Waals surface area contributed by atoms with Gasteiger partial charge in [-0.1, -0.05) is 25.5 Å². The number of hydroxylamine groups is 1. The number of unbranched alkanes of at least 4 members (excludes halogenated alkanes) is 3. The molecule has 0 saturated heterocycles. The fraction of sp³-hybridized carbons (Fsp3) is 0.400. The van der Waals surface area contributed by atoms with Gasteiger partial charge in [0.2, 0.25) is 11.7 Å². The second-order valence-corrected chi connectivity index (χ2v) is 7.31. The second kappa shape index (κ2) is 13.2. The highest BCUT2D eigenvalue weighted by molar-refractivity contribution is 5.81. The number of nitrogens with one attached hydrogen (secondary N) is 1. The van der Waals surface area contributed by atoms with Gasteiger partial charge in [-0.05, 0) is 53.8 Å². The van der Waals surface area contributed by atoms with Crippen LogP contribution in [0.25, 0.3) is 5.57 Å². The van der Waals surface area contributed by atoms with Crippen molar-refractivity contribution >= 4 is 11.5 Å². The Hall–Kier alpha value is -3.39. The summed E-state index contributed by atoms with van der Waals surface area (Å²) >= 11 is 0. The van der Waals surface area contributed by atoms with Gasteiger partial charge in [0.1, 0.15) is 0 Å². The average molecular weight is 460 g/mol. The Morgan fingerprint density at radius 3 is 2.00 bits per heavy atom. The van der Waals surface area contributed by atoms with E-state index in [9.17, 15) is 4.79 Å². The minimum Gasteiger partial charge on any atom is -0.493 e. The Labute approximate surface area is 195 Å². The zero-order chi connectivity index (χ0) is 24.2. The van der Waals surface area contributed by atoms with E-state index in [0.29, 0.717) is 41.8 Å². The molecule has 8 nitrogen and oxygen atoms in total. The standard InChI is InChI=1S/C25H33NO7/c1-17(19-15-22(30-3)25(32-5)23(16-19)31-4)18-11-12-20(29-2)21(14-18)33-13-9-7-6-8-10-24(27)26-28/h11-12,14-16,28H,1,6-10,13H2,2-5H3,(H,26,27). The molecule has 2 aromatic carbocycles. The number of ether oxygens (including phenoxy) is 5. The molecule has 0 aliphatic heterocycles. The summed E-state index contributed by atoms with van der Waals surface area (Å²) in [6.07, 6.45) is 3.67. The zero-order valence-electron chi connectivity index (χ0n) is 19.7. The first kappa shape index (κ1) is 25.9. The number of carbonyl (C=O) groups excluding carboxylic acids is 1. The van der Waals surface area contributed by atoms with Gasteiger partial charge in [0, 0.05) is 6.42 Å².